The van der Waals surface area contributed by atoms with Gasteiger partial charge >= 0.3 is 6.18 Å². The van der Waals surface area contributed by atoms with E-state index in [0.29, 0.717) is 5.88 Å². The summed E-state index contributed by atoms with van der Waals surface area (Å²) >= 11 is 5.51. The zero-order valence-corrected chi connectivity index (χ0v) is 7.88. The van der Waals surface area contributed by atoms with Crippen molar-refractivity contribution in [3.63, 3.8) is 0 Å². The Kier molecular flexibility index (Phi) is 5.72. The van der Waals surface area contributed by atoms with Crippen molar-refractivity contribution < 1.29 is 13.2 Å². The molecule has 0 saturated carbocycles. The third-order valence-electron chi connectivity index (χ3n) is 1.75. The lowest BCUT2D eigenvalue weighted by atomic mass is 10.00. The highest BCUT2D eigenvalue weighted by Crippen LogP contribution is 2.26. The average Bonchev–Trinajstić information content (AvgIpc) is 1.96. The molecule has 0 aromatic carbocycles. The van der Waals surface area contributed by atoms with Crippen molar-refractivity contribution in [1.82, 2.24) is 0 Å². The van der Waals surface area contributed by atoms with E-state index in [1.807, 2.05) is 6.92 Å². The highest BCUT2D eigenvalue weighted by Gasteiger charge is 2.27. The molecule has 0 rings (SSSR count). The first-order valence-corrected chi connectivity index (χ1v) is 4.65. The van der Waals surface area contributed by atoms with Crippen LogP contribution in [0, 0.1) is 5.92 Å². The van der Waals surface area contributed by atoms with Gasteiger partial charge in [0.05, 0.1) is 0 Å². The third kappa shape index (κ3) is 6.77. The summed E-state index contributed by atoms with van der Waals surface area (Å²) < 4.78 is 35.2. The average molecular weight is 203 g/mol. The van der Waals surface area contributed by atoms with Crippen molar-refractivity contribution in [2.75, 3.05) is 5.88 Å². The predicted molar refractivity (Wildman–Crippen MR) is 44.4 cm³/mol. The van der Waals surface area contributed by atoms with Gasteiger partial charge in [0.1, 0.15) is 0 Å². The molecule has 0 saturated heterocycles. The van der Waals surface area contributed by atoms with Crippen molar-refractivity contribution in [3.05, 3.63) is 0 Å². The Morgan fingerprint density at radius 1 is 1.25 bits per heavy atom. The number of halogens is 4. The van der Waals surface area contributed by atoms with E-state index in [2.05, 4.69) is 0 Å². The van der Waals surface area contributed by atoms with Crippen LogP contribution >= 0.6 is 11.6 Å². The lowest BCUT2D eigenvalue weighted by Gasteiger charge is -2.13. The fourth-order valence-corrected chi connectivity index (χ4v) is 1.38. The van der Waals surface area contributed by atoms with Crippen molar-refractivity contribution in [2.45, 2.75) is 38.8 Å². The molecule has 0 bridgehead atoms. The van der Waals surface area contributed by atoms with E-state index >= 15 is 0 Å². The molecule has 1 unspecified atom stereocenters. The number of rotatable bonds is 5. The Hall–Kier alpha value is 0.0800. The Balaban J connectivity index is 3.58. The van der Waals surface area contributed by atoms with E-state index in [1.54, 1.807) is 0 Å². The molecule has 0 aliphatic rings. The van der Waals surface area contributed by atoms with Gasteiger partial charge in [-0.3, -0.25) is 0 Å². The van der Waals surface area contributed by atoms with Gasteiger partial charge in [-0.05, 0) is 18.8 Å². The summed E-state index contributed by atoms with van der Waals surface area (Å²) in [7, 11) is 0. The van der Waals surface area contributed by atoms with E-state index in [9.17, 15) is 13.2 Å². The molecule has 4 heteroatoms. The number of hydrogen-bond donors (Lipinski definition) is 0. The van der Waals surface area contributed by atoms with Crippen LogP contribution in [0.5, 0.6) is 0 Å². The van der Waals surface area contributed by atoms with Crippen LogP contribution in [0.1, 0.15) is 32.6 Å². The summed E-state index contributed by atoms with van der Waals surface area (Å²) in [6, 6.07) is 0. The van der Waals surface area contributed by atoms with Crippen molar-refractivity contribution in [1.29, 1.82) is 0 Å². The summed E-state index contributed by atoms with van der Waals surface area (Å²) in [5, 5.41) is 0. The summed E-state index contributed by atoms with van der Waals surface area (Å²) in [5.74, 6) is 0.363. The fourth-order valence-electron chi connectivity index (χ4n) is 1.07. The quantitative estimate of drug-likeness (QED) is 0.592. The van der Waals surface area contributed by atoms with Crippen LogP contribution in [-0.2, 0) is 0 Å². The molecule has 74 valence electrons. The van der Waals surface area contributed by atoms with Gasteiger partial charge in [-0.2, -0.15) is 13.2 Å². The van der Waals surface area contributed by atoms with Crippen molar-refractivity contribution >= 4 is 11.6 Å². The molecule has 0 aliphatic heterocycles. The van der Waals surface area contributed by atoms with E-state index in [-0.39, 0.29) is 12.3 Å². The molecular weight excluding hydrogens is 189 g/mol. The molecule has 12 heavy (non-hydrogen) atoms. The molecule has 0 aromatic rings. The van der Waals surface area contributed by atoms with Gasteiger partial charge in [0, 0.05) is 12.3 Å². The van der Waals surface area contributed by atoms with Gasteiger partial charge in [-0.15, -0.1) is 11.6 Å². The fraction of sp³-hybridized carbons (Fsp3) is 1.00. The van der Waals surface area contributed by atoms with Crippen molar-refractivity contribution in [2.24, 2.45) is 5.92 Å². The number of hydrogen-bond acceptors (Lipinski definition) is 0. The van der Waals surface area contributed by atoms with E-state index in [1.165, 1.54) is 0 Å². The maximum atomic E-state index is 11.7. The number of alkyl halides is 4. The molecule has 0 spiro atoms. The second-order valence-corrected chi connectivity index (χ2v) is 3.27. The highest BCUT2D eigenvalue weighted by atomic mass is 35.5. The maximum Gasteiger partial charge on any atom is 0.389 e. The molecule has 0 nitrogen and oxygen atoms in total. The van der Waals surface area contributed by atoms with E-state index in [4.69, 9.17) is 11.6 Å². The first-order chi connectivity index (χ1) is 5.49. The van der Waals surface area contributed by atoms with Gasteiger partial charge in [-0.1, -0.05) is 13.3 Å². The topological polar surface area (TPSA) is 0 Å². The van der Waals surface area contributed by atoms with Crippen LogP contribution < -0.4 is 0 Å². The minimum atomic E-state index is -4.03. The maximum absolute atomic E-state index is 11.7. The molecule has 0 heterocycles. The molecule has 0 amide bonds. The van der Waals surface area contributed by atoms with Gasteiger partial charge in [-0.25, -0.2) is 0 Å². The molecule has 0 radical (unpaired) electrons. The van der Waals surface area contributed by atoms with Crippen LogP contribution in [0.15, 0.2) is 0 Å². The van der Waals surface area contributed by atoms with Gasteiger partial charge < -0.3 is 0 Å². The van der Waals surface area contributed by atoms with Gasteiger partial charge in [0.15, 0.2) is 0 Å². The second kappa shape index (κ2) is 5.68. The molecule has 0 aliphatic carbocycles. The van der Waals surface area contributed by atoms with Crippen LogP contribution in [-0.4, -0.2) is 12.1 Å². The van der Waals surface area contributed by atoms with Crippen LogP contribution in [0.2, 0.25) is 0 Å². The smallest absolute Gasteiger partial charge is 0.171 e. The monoisotopic (exact) mass is 202 g/mol. The summed E-state index contributed by atoms with van der Waals surface area (Å²) in [4.78, 5) is 0. The predicted octanol–water partition coefficient (Wildman–Crippen LogP) is 3.98. The first-order valence-electron chi connectivity index (χ1n) is 4.12. The molecular formula is C8H14ClF3. The Labute approximate surface area is 76.1 Å². The minimum Gasteiger partial charge on any atom is -0.171 e. The van der Waals surface area contributed by atoms with Gasteiger partial charge in [0.2, 0.25) is 0 Å². The molecule has 0 fully saturated rings. The lowest BCUT2D eigenvalue weighted by molar-refractivity contribution is -0.137. The summed E-state index contributed by atoms with van der Waals surface area (Å²) in [6.45, 7) is 1.95. The van der Waals surface area contributed by atoms with E-state index < -0.39 is 12.6 Å². The highest BCUT2D eigenvalue weighted by molar-refractivity contribution is 6.18. The van der Waals surface area contributed by atoms with Crippen LogP contribution in [0.4, 0.5) is 13.2 Å². The zero-order chi connectivity index (χ0) is 9.61. The summed E-state index contributed by atoms with van der Waals surface area (Å²) in [6.07, 6.45) is -2.88. The standard InChI is InChI=1S/C8H14ClF3/c1-2-3-7(6-9)4-5-8(10,11)12/h7H,2-6H2,1H3. The third-order valence-corrected chi connectivity index (χ3v) is 2.19. The minimum absolute atomic E-state index is 0.0262. The Bertz CT molecular complexity index is 111. The Morgan fingerprint density at radius 2 is 1.83 bits per heavy atom. The van der Waals surface area contributed by atoms with Crippen LogP contribution in [0.3, 0.4) is 0 Å². The van der Waals surface area contributed by atoms with Crippen molar-refractivity contribution in [3.8, 4) is 0 Å². The van der Waals surface area contributed by atoms with Gasteiger partial charge in [0.25, 0.3) is 0 Å². The second-order valence-electron chi connectivity index (χ2n) is 2.96. The first kappa shape index (κ1) is 12.1. The van der Waals surface area contributed by atoms with E-state index in [0.717, 1.165) is 12.8 Å². The molecule has 0 N–H and O–H groups in total. The molecule has 0 aromatic heterocycles. The lowest BCUT2D eigenvalue weighted by Crippen LogP contribution is -2.11. The molecule has 1 atom stereocenters. The Morgan fingerprint density at radius 3 is 2.17 bits per heavy atom. The van der Waals surface area contributed by atoms with Crippen LogP contribution in [0.25, 0.3) is 0 Å². The SMILES string of the molecule is CCCC(CCl)CCC(F)(F)F. The largest absolute Gasteiger partial charge is 0.389 e. The zero-order valence-electron chi connectivity index (χ0n) is 7.12. The normalized spacial score (nSPS) is 14.8. The summed E-state index contributed by atoms with van der Waals surface area (Å²) in [5.41, 5.74) is 0.